The number of benzene rings is 3. The molecule has 5 aromatic rings. The van der Waals surface area contributed by atoms with Gasteiger partial charge in [0.25, 0.3) is 0 Å². The molecule has 3 aromatic carbocycles. The Labute approximate surface area is 166 Å². The van der Waals surface area contributed by atoms with Crippen molar-refractivity contribution in [2.75, 3.05) is 19.0 Å². The van der Waals surface area contributed by atoms with Crippen molar-refractivity contribution in [3.8, 4) is 0 Å². The minimum Gasteiger partial charge on any atom is -0.377 e. The highest BCUT2D eigenvalue weighted by Crippen LogP contribution is 2.26. The monoisotopic (exact) mass is 383 g/mol. The van der Waals surface area contributed by atoms with Crippen molar-refractivity contribution >= 4 is 49.3 Å². The minimum atomic E-state index is -0.0396. The molecule has 0 saturated carbocycles. The summed E-state index contributed by atoms with van der Waals surface area (Å²) in [6.45, 7) is 2.07. The minimum absolute atomic E-state index is 0.0195. The van der Waals surface area contributed by atoms with Crippen LogP contribution in [0.15, 0.2) is 58.1 Å². The van der Waals surface area contributed by atoms with E-state index >= 15 is 0 Å². The van der Waals surface area contributed by atoms with Crippen molar-refractivity contribution in [2.45, 2.75) is 13.3 Å². The number of anilines is 1. The van der Waals surface area contributed by atoms with Crippen LogP contribution in [0.3, 0.4) is 0 Å². The van der Waals surface area contributed by atoms with Gasteiger partial charge >= 0.3 is 0 Å². The lowest BCUT2D eigenvalue weighted by Gasteiger charge is -2.15. The molecule has 0 aliphatic heterocycles. The Kier molecular flexibility index (Phi) is 3.74. The van der Waals surface area contributed by atoms with E-state index in [0.29, 0.717) is 32.6 Å². The first-order valence-electron chi connectivity index (χ1n) is 9.72. The number of nitrogens with zero attached hydrogens (tertiary/aromatic N) is 1. The average molecular weight is 383 g/mol. The highest BCUT2D eigenvalue weighted by molar-refractivity contribution is 6.05. The lowest BCUT2D eigenvalue weighted by molar-refractivity contribution is 1.14. The molecule has 2 aromatic heterocycles. The van der Waals surface area contributed by atoms with Crippen LogP contribution in [-0.2, 0) is 6.42 Å². The number of H-pyrrole nitrogens is 2. The molecule has 0 unspecified atom stereocenters. The Balaban J connectivity index is 1.94. The third kappa shape index (κ3) is 2.54. The van der Waals surface area contributed by atoms with E-state index in [9.17, 15) is 9.59 Å². The summed E-state index contributed by atoms with van der Waals surface area (Å²) in [4.78, 5) is 35.2. The number of aromatic nitrogens is 2. The lowest BCUT2D eigenvalue weighted by atomic mass is 10.0. The summed E-state index contributed by atoms with van der Waals surface area (Å²) < 4.78 is 0. The van der Waals surface area contributed by atoms with Gasteiger partial charge in [-0.25, -0.2) is 0 Å². The molecule has 5 rings (SSSR count). The molecule has 2 heterocycles. The largest absolute Gasteiger partial charge is 0.377 e. The van der Waals surface area contributed by atoms with Gasteiger partial charge in [0.1, 0.15) is 0 Å². The molecule has 29 heavy (non-hydrogen) atoms. The average Bonchev–Trinajstić information content (AvgIpc) is 2.72. The van der Waals surface area contributed by atoms with Gasteiger partial charge in [0.2, 0.25) is 0 Å². The van der Waals surface area contributed by atoms with Gasteiger partial charge in [0.05, 0.1) is 21.9 Å². The quantitative estimate of drug-likeness (QED) is 0.447. The predicted molar refractivity (Wildman–Crippen MR) is 121 cm³/mol. The summed E-state index contributed by atoms with van der Waals surface area (Å²) in [5, 5.41) is 2.48. The molecule has 0 saturated heterocycles. The number of hydrogen-bond donors (Lipinski definition) is 2. The Hall–Kier alpha value is -3.60. The number of pyridine rings is 2. The Morgan fingerprint density at radius 3 is 2.10 bits per heavy atom. The number of aryl methyl sites for hydroxylation is 1. The number of nitrogens with one attached hydrogen (secondary N) is 2. The smallest absolute Gasteiger partial charge is 0.199 e. The maximum atomic E-state index is 13.4. The van der Waals surface area contributed by atoms with E-state index in [1.54, 1.807) is 12.1 Å². The van der Waals surface area contributed by atoms with Gasteiger partial charge in [-0.2, -0.15) is 0 Å². The number of fused-ring (bicyclic) bond motifs is 4. The van der Waals surface area contributed by atoms with Crippen molar-refractivity contribution in [3.05, 3.63) is 74.5 Å². The highest BCUT2D eigenvalue weighted by Gasteiger charge is 2.14. The van der Waals surface area contributed by atoms with Crippen LogP contribution in [0.4, 0.5) is 5.69 Å². The van der Waals surface area contributed by atoms with Crippen molar-refractivity contribution in [1.29, 1.82) is 0 Å². The first-order chi connectivity index (χ1) is 14.0. The van der Waals surface area contributed by atoms with E-state index in [1.807, 2.05) is 55.4 Å². The maximum absolute atomic E-state index is 13.4. The molecule has 0 atom stereocenters. The van der Waals surface area contributed by atoms with Gasteiger partial charge in [0, 0.05) is 41.5 Å². The van der Waals surface area contributed by atoms with E-state index in [2.05, 4.69) is 16.9 Å². The maximum Gasteiger partial charge on any atom is 0.199 e. The normalized spacial score (nSPS) is 11.7. The van der Waals surface area contributed by atoms with E-state index < -0.39 is 0 Å². The van der Waals surface area contributed by atoms with Crippen LogP contribution in [-0.4, -0.2) is 24.1 Å². The zero-order valence-corrected chi connectivity index (χ0v) is 16.6. The van der Waals surface area contributed by atoms with Crippen LogP contribution in [0.1, 0.15) is 12.5 Å². The van der Waals surface area contributed by atoms with Gasteiger partial charge in [0.15, 0.2) is 10.9 Å². The molecular weight excluding hydrogens is 362 g/mol. The van der Waals surface area contributed by atoms with Gasteiger partial charge < -0.3 is 14.9 Å². The van der Waals surface area contributed by atoms with Crippen molar-refractivity contribution < 1.29 is 0 Å². The third-order valence-electron chi connectivity index (χ3n) is 5.67. The van der Waals surface area contributed by atoms with Crippen molar-refractivity contribution in [3.63, 3.8) is 0 Å². The first kappa shape index (κ1) is 17.5. The summed E-state index contributed by atoms with van der Waals surface area (Å²) in [5.74, 6) is 0. The van der Waals surface area contributed by atoms with Crippen LogP contribution < -0.4 is 15.8 Å². The molecular formula is C24H21N3O2. The van der Waals surface area contributed by atoms with Crippen LogP contribution in [0.5, 0.6) is 0 Å². The second-order valence-corrected chi connectivity index (χ2v) is 7.68. The van der Waals surface area contributed by atoms with E-state index in [-0.39, 0.29) is 10.9 Å². The van der Waals surface area contributed by atoms with Gasteiger partial charge in [-0.05, 0) is 48.4 Å². The Morgan fingerprint density at radius 1 is 0.759 bits per heavy atom. The van der Waals surface area contributed by atoms with Crippen molar-refractivity contribution in [1.82, 2.24) is 9.97 Å². The fourth-order valence-corrected chi connectivity index (χ4v) is 4.12. The number of aromatic amines is 2. The zero-order chi connectivity index (χ0) is 20.3. The van der Waals surface area contributed by atoms with Crippen LogP contribution in [0.2, 0.25) is 0 Å². The fourth-order valence-electron chi connectivity index (χ4n) is 4.12. The van der Waals surface area contributed by atoms with Gasteiger partial charge in [-0.15, -0.1) is 0 Å². The fraction of sp³-hybridized carbons (Fsp3) is 0.167. The van der Waals surface area contributed by atoms with Crippen molar-refractivity contribution in [2.24, 2.45) is 0 Å². The van der Waals surface area contributed by atoms with Gasteiger partial charge in [-0.1, -0.05) is 19.1 Å². The Morgan fingerprint density at radius 2 is 1.41 bits per heavy atom. The molecule has 2 N–H and O–H groups in total. The molecule has 0 aliphatic carbocycles. The predicted octanol–water partition coefficient (Wildman–Crippen LogP) is 4.30. The molecule has 144 valence electrons. The van der Waals surface area contributed by atoms with E-state index in [0.717, 1.165) is 28.7 Å². The molecule has 0 bridgehead atoms. The van der Waals surface area contributed by atoms with Gasteiger partial charge in [-0.3, -0.25) is 9.59 Å². The Bertz CT molecular complexity index is 1560. The summed E-state index contributed by atoms with van der Waals surface area (Å²) >= 11 is 0. The first-order valence-corrected chi connectivity index (χ1v) is 9.72. The van der Waals surface area contributed by atoms with E-state index in [4.69, 9.17) is 0 Å². The lowest BCUT2D eigenvalue weighted by Crippen LogP contribution is -2.14. The number of hydrogen-bond acceptors (Lipinski definition) is 3. The topological polar surface area (TPSA) is 69.0 Å². The second kappa shape index (κ2) is 6.21. The van der Waals surface area contributed by atoms with E-state index in [1.165, 1.54) is 0 Å². The highest BCUT2D eigenvalue weighted by atomic mass is 16.1. The third-order valence-corrected chi connectivity index (χ3v) is 5.67. The molecule has 5 heteroatoms. The molecule has 0 fully saturated rings. The summed E-state index contributed by atoms with van der Waals surface area (Å²) in [7, 11) is 3.85. The zero-order valence-electron chi connectivity index (χ0n) is 16.6. The number of rotatable bonds is 2. The molecule has 0 spiro atoms. The van der Waals surface area contributed by atoms with Crippen LogP contribution in [0, 0.1) is 0 Å². The second-order valence-electron chi connectivity index (χ2n) is 7.68. The summed E-state index contributed by atoms with van der Waals surface area (Å²) in [6, 6.07) is 15.3. The summed E-state index contributed by atoms with van der Waals surface area (Å²) in [6.07, 6.45) is 0.874. The molecule has 0 amide bonds. The molecule has 5 nitrogen and oxygen atoms in total. The van der Waals surface area contributed by atoms with Crippen LogP contribution in [0.25, 0.3) is 43.6 Å². The molecule has 0 radical (unpaired) electrons. The standard InChI is InChI=1S/C24H21N3O2/c1-4-13-8-9-17-14(10-13)23(28)15-11-20-16(12-19(15)25-17)24(29)22-18(26-20)6-5-7-21(22)27(2)3/h5-12H,4H2,1-3H3,(H,25,28)(H,26,29). The SMILES string of the molecule is CCc1ccc2[nH]c3cc4c(=O)c5c(N(C)C)cccc5[nH]c4cc3c(=O)c2c1. The van der Waals surface area contributed by atoms with Crippen LogP contribution >= 0.6 is 0 Å². The molecule has 0 aliphatic rings. The summed E-state index contributed by atoms with van der Waals surface area (Å²) in [5.41, 5.74) is 4.82.